The van der Waals surface area contributed by atoms with Gasteiger partial charge in [-0.25, -0.2) is 9.67 Å². The van der Waals surface area contributed by atoms with Crippen LogP contribution in [-0.2, 0) is 11.3 Å². The van der Waals surface area contributed by atoms with Crippen LogP contribution in [0.3, 0.4) is 0 Å². The summed E-state index contributed by atoms with van der Waals surface area (Å²) in [5.74, 6) is 1.40. The zero-order valence-corrected chi connectivity index (χ0v) is 22.3. The lowest BCUT2D eigenvalue weighted by molar-refractivity contribution is -0.0396. The van der Waals surface area contributed by atoms with Gasteiger partial charge in [-0.1, -0.05) is 0 Å². The monoisotopic (exact) mass is 525 g/mol. The van der Waals surface area contributed by atoms with Gasteiger partial charge >= 0.3 is 0 Å². The number of methoxy groups -OCH3 is 2. The highest BCUT2D eigenvalue weighted by molar-refractivity contribution is 6.38. The molecule has 2 aliphatic heterocycles. The van der Waals surface area contributed by atoms with E-state index in [0.717, 1.165) is 59.7 Å². The second-order valence-corrected chi connectivity index (χ2v) is 9.62. The maximum absolute atomic E-state index is 5.94. The van der Waals surface area contributed by atoms with E-state index in [2.05, 4.69) is 19.9 Å². The molecule has 39 heavy (non-hydrogen) atoms. The first kappa shape index (κ1) is 25.0. The number of hydrogen-bond acceptors (Lipinski definition) is 9. The molecule has 6 rings (SSSR count). The summed E-state index contributed by atoms with van der Waals surface area (Å²) in [5, 5.41) is 4.87. The molecule has 0 saturated carbocycles. The minimum Gasteiger partial charge on any atom is -0.497 e. The summed E-state index contributed by atoms with van der Waals surface area (Å²) in [4.78, 5) is 20.5. The number of nitrogens with zero attached hydrogens (tertiary/aromatic N) is 7. The summed E-state index contributed by atoms with van der Waals surface area (Å²) in [6, 6.07) is 13.9. The van der Waals surface area contributed by atoms with E-state index in [1.165, 1.54) is 0 Å². The highest BCUT2D eigenvalue weighted by atomic mass is 16.5. The fraction of sp³-hybridized carbons (Fsp3) is 0.345. The van der Waals surface area contributed by atoms with Crippen LogP contribution in [0.5, 0.6) is 11.5 Å². The van der Waals surface area contributed by atoms with Gasteiger partial charge in [0.15, 0.2) is 0 Å². The van der Waals surface area contributed by atoms with Crippen molar-refractivity contribution >= 4 is 34.3 Å². The van der Waals surface area contributed by atoms with E-state index in [0.29, 0.717) is 23.7 Å². The fourth-order valence-electron chi connectivity index (χ4n) is 4.87. The lowest BCUT2D eigenvalue weighted by atomic mass is 10.2. The van der Waals surface area contributed by atoms with Crippen LogP contribution < -0.4 is 14.4 Å². The second-order valence-electron chi connectivity index (χ2n) is 9.62. The third kappa shape index (κ3) is 5.33. The molecule has 10 heteroatoms. The van der Waals surface area contributed by atoms with E-state index in [-0.39, 0.29) is 12.4 Å². The first-order valence-electron chi connectivity index (χ1n) is 13.1. The summed E-state index contributed by atoms with van der Waals surface area (Å²) in [5.41, 5.74) is 5.76. The van der Waals surface area contributed by atoms with Crippen LogP contribution >= 0.6 is 0 Å². The van der Waals surface area contributed by atoms with Crippen LogP contribution in [0.2, 0.25) is 0 Å². The van der Waals surface area contributed by atoms with Gasteiger partial charge in [0.1, 0.15) is 35.3 Å². The van der Waals surface area contributed by atoms with Gasteiger partial charge in [-0.3, -0.25) is 15.0 Å². The Balaban J connectivity index is 1.39. The number of rotatable bonds is 8. The first-order valence-corrected chi connectivity index (χ1v) is 13.1. The summed E-state index contributed by atoms with van der Waals surface area (Å²) in [6.45, 7) is 3.23. The SMILES string of the molecule is COc1cc(OC)cc(N(Cc2ccn(C3CCCCO3)n2)c2ccc3ncc(C4=NC(C)N=C4)nc3c2)c1. The van der Waals surface area contributed by atoms with Crippen LogP contribution in [-0.4, -0.2) is 58.7 Å². The Morgan fingerprint density at radius 1 is 1.00 bits per heavy atom. The molecule has 1 fully saturated rings. The third-order valence-electron chi connectivity index (χ3n) is 6.92. The molecule has 0 aliphatic carbocycles. The number of benzene rings is 2. The molecule has 10 nitrogen and oxygen atoms in total. The normalized spacial score (nSPS) is 18.8. The topological polar surface area (TPSA) is 99.2 Å². The van der Waals surface area contributed by atoms with Crippen LogP contribution in [0.1, 0.15) is 43.8 Å². The lowest BCUT2D eigenvalue weighted by Gasteiger charge is -2.26. The molecule has 4 aromatic rings. The molecule has 0 N–H and O–H groups in total. The van der Waals surface area contributed by atoms with Crippen molar-refractivity contribution in [2.75, 3.05) is 25.7 Å². The maximum Gasteiger partial charge on any atom is 0.150 e. The standard InChI is InChI=1S/C29H31N7O3/c1-19-30-16-27(32-19)28-17-31-25-8-7-21(14-26(25)33-28)35(22-12-23(37-2)15-24(13-22)38-3)18-20-9-10-36(34-20)29-6-4-5-11-39-29/h7-10,12-17,19,29H,4-6,11,18H2,1-3H3. The Bertz CT molecular complexity index is 1520. The summed E-state index contributed by atoms with van der Waals surface area (Å²) < 4.78 is 19.0. The van der Waals surface area contributed by atoms with E-state index in [9.17, 15) is 0 Å². The first-order chi connectivity index (χ1) is 19.1. The van der Waals surface area contributed by atoms with Crippen molar-refractivity contribution in [3.8, 4) is 11.5 Å². The smallest absolute Gasteiger partial charge is 0.150 e. The Morgan fingerprint density at radius 2 is 1.85 bits per heavy atom. The van der Waals surface area contributed by atoms with Crippen LogP contribution in [0.25, 0.3) is 11.0 Å². The van der Waals surface area contributed by atoms with Crippen LogP contribution in [0, 0.1) is 0 Å². The van der Waals surface area contributed by atoms with Gasteiger partial charge in [0.05, 0.1) is 49.9 Å². The Hall–Kier alpha value is -4.31. The molecule has 2 aliphatic rings. The van der Waals surface area contributed by atoms with E-state index < -0.39 is 0 Å². The Kier molecular flexibility index (Phi) is 6.93. The molecular weight excluding hydrogens is 494 g/mol. The van der Waals surface area contributed by atoms with Gasteiger partial charge in [0, 0.05) is 42.4 Å². The van der Waals surface area contributed by atoms with Gasteiger partial charge < -0.3 is 19.1 Å². The predicted octanol–water partition coefficient (Wildman–Crippen LogP) is 5.10. The zero-order valence-electron chi connectivity index (χ0n) is 22.3. The minimum atomic E-state index is -0.0961. The molecule has 200 valence electrons. The molecular formula is C29H31N7O3. The molecule has 0 amide bonds. The fourth-order valence-corrected chi connectivity index (χ4v) is 4.87. The van der Waals surface area contributed by atoms with Crippen molar-refractivity contribution in [3.63, 3.8) is 0 Å². The van der Waals surface area contributed by atoms with Gasteiger partial charge in [-0.2, -0.15) is 5.10 Å². The number of ether oxygens (including phenoxy) is 3. The molecule has 4 heterocycles. The van der Waals surface area contributed by atoms with Crippen molar-refractivity contribution in [1.29, 1.82) is 0 Å². The van der Waals surface area contributed by atoms with Crippen LogP contribution in [0.4, 0.5) is 11.4 Å². The number of hydrogen-bond donors (Lipinski definition) is 0. The highest BCUT2D eigenvalue weighted by Crippen LogP contribution is 2.35. The number of anilines is 2. The van der Waals surface area contributed by atoms with Gasteiger partial charge in [-0.15, -0.1) is 0 Å². The summed E-state index contributed by atoms with van der Waals surface area (Å²) in [7, 11) is 3.30. The molecule has 1 saturated heterocycles. The molecule has 2 unspecified atom stereocenters. The quantitative estimate of drug-likeness (QED) is 0.316. The Labute approximate surface area is 227 Å². The lowest BCUT2D eigenvalue weighted by Crippen LogP contribution is -2.20. The minimum absolute atomic E-state index is 0.0167. The number of fused-ring (bicyclic) bond motifs is 1. The van der Waals surface area contributed by atoms with Crippen LogP contribution in [0.15, 0.2) is 64.8 Å². The predicted molar refractivity (Wildman–Crippen MR) is 150 cm³/mol. The average Bonchev–Trinajstić information content (AvgIpc) is 3.64. The number of aliphatic imine (C=N–C) groups is 2. The molecule has 0 bridgehead atoms. The van der Waals surface area contributed by atoms with Crippen molar-refractivity contribution in [2.45, 2.75) is 45.1 Å². The molecule has 2 aromatic carbocycles. The van der Waals surface area contributed by atoms with Crippen molar-refractivity contribution in [3.05, 3.63) is 66.2 Å². The summed E-state index contributed by atoms with van der Waals surface area (Å²) in [6.07, 6.45) is 8.60. The highest BCUT2D eigenvalue weighted by Gasteiger charge is 2.20. The van der Waals surface area contributed by atoms with Gasteiger partial charge in [0.25, 0.3) is 0 Å². The second kappa shape index (κ2) is 10.8. The average molecular weight is 526 g/mol. The molecule has 2 atom stereocenters. The van der Waals surface area contributed by atoms with Crippen molar-refractivity contribution in [2.24, 2.45) is 9.98 Å². The maximum atomic E-state index is 5.94. The van der Waals surface area contributed by atoms with Gasteiger partial charge in [-0.05, 0) is 50.5 Å². The van der Waals surface area contributed by atoms with E-state index in [4.69, 9.17) is 24.3 Å². The van der Waals surface area contributed by atoms with Crippen molar-refractivity contribution in [1.82, 2.24) is 19.7 Å². The Morgan fingerprint density at radius 3 is 2.56 bits per heavy atom. The summed E-state index contributed by atoms with van der Waals surface area (Å²) >= 11 is 0. The largest absolute Gasteiger partial charge is 0.497 e. The van der Waals surface area contributed by atoms with E-state index in [1.54, 1.807) is 26.6 Å². The zero-order chi connectivity index (χ0) is 26.8. The molecule has 0 radical (unpaired) electrons. The van der Waals surface area contributed by atoms with E-state index >= 15 is 0 Å². The number of aromatic nitrogens is 4. The van der Waals surface area contributed by atoms with Gasteiger partial charge in [0.2, 0.25) is 0 Å². The molecule has 0 spiro atoms. The molecule has 2 aromatic heterocycles. The third-order valence-corrected chi connectivity index (χ3v) is 6.92. The van der Waals surface area contributed by atoms with Crippen molar-refractivity contribution < 1.29 is 14.2 Å². The van der Waals surface area contributed by atoms with E-state index in [1.807, 2.05) is 60.3 Å².